The summed E-state index contributed by atoms with van der Waals surface area (Å²) in [7, 11) is -1.91. The van der Waals surface area contributed by atoms with Crippen LogP contribution in [-0.4, -0.2) is 41.1 Å². The van der Waals surface area contributed by atoms with Gasteiger partial charge in [0.2, 0.25) is 5.91 Å². The highest BCUT2D eigenvalue weighted by Crippen LogP contribution is 2.37. The van der Waals surface area contributed by atoms with E-state index in [9.17, 15) is 13.4 Å². The summed E-state index contributed by atoms with van der Waals surface area (Å²) >= 11 is 0. The number of nitrogens with one attached hydrogen (secondary N) is 1. The smallest absolute Gasteiger partial charge is 0.230 e. The van der Waals surface area contributed by atoms with E-state index in [1.165, 1.54) is 19.2 Å². The van der Waals surface area contributed by atoms with Gasteiger partial charge in [0.05, 0.1) is 32.7 Å². The number of carbonyl (C=O) groups is 1. The van der Waals surface area contributed by atoms with Gasteiger partial charge in [-0.2, -0.15) is 0 Å². The van der Waals surface area contributed by atoms with E-state index < -0.39 is 15.5 Å². The van der Waals surface area contributed by atoms with Crippen molar-refractivity contribution in [1.29, 1.82) is 4.78 Å². The summed E-state index contributed by atoms with van der Waals surface area (Å²) in [6.07, 6.45) is 3.59. The largest absolute Gasteiger partial charge is 0.384 e. The molecule has 34 heavy (non-hydrogen) atoms. The topological polar surface area (TPSA) is 83.4 Å². The lowest BCUT2D eigenvalue weighted by Crippen LogP contribution is -2.35. The molecule has 0 bridgehead atoms. The molecule has 2 aromatic carbocycles. The van der Waals surface area contributed by atoms with Crippen LogP contribution in [0.5, 0.6) is 0 Å². The van der Waals surface area contributed by atoms with E-state index in [0.717, 1.165) is 22.4 Å². The molecule has 2 atom stereocenters. The lowest BCUT2D eigenvalue weighted by Gasteiger charge is -2.22. The molecule has 8 heteroatoms. The number of halogens is 1. The Labute approximate surface area is 198 Å². The van der Waals surface area contributed by atoms with Crippen LogP contribution in [-0.2, 0) is 38.5 Å². The van der Waals surface area contributed by atoms with Crippen LogP contribution in [0.1, 0.15) is 16.7 Å². The molecule has 6 nitrogen and oxygen atoms in total. The Balaban J connectivity index is 1.39. The van der Waals surface area contributed by atoms with Gasteiger partial charge in [-0.15, -0.1) is 0 Å². The standard InChI is InChI=1S/C26H26FN3O3S/c1-33-10-11-34(28,32)25-16-24-19(15-22(25)27)7-9-30(24)26(31)21-12-17-5-6-18(13-20(17)14-21)23-4-2-3-8-29-23/h2-6,8,13,15-16,21,28H,7,9-12,14H2,1H3/t21-,34+/m1/s1. The van der Waals surface area contributed by atoms with Crippen molar-refractivity contribution in [3.8, 4) is 11.3 Å². The van der Waals surface area contributed by atoms with Gasteiger partial charge in [0.25, 0.3) is 0 Å². The molecule has 176 valence electrons. The fourth-order valence-corrected chi connectivity index (χ4v) is 6.18. The number of rotatable bonds is 6. The first kappa shape index (κ1) is 22.7. The molecule has 1 amide bonds. The molecule has 1 N–H and O–H groups in total. The minimum Gasteiger partial charge on any atom is -0.384 e. The highest BCUT2D eigenvalue weighted by molar-refractivity contribution is 7.92. The van der Waals surface area contributed by atoms with E-state index in [1.54, 1.807) is 11.1 Å². The van der Waals surface area contributed by atoms with Crippen molar-refractivity contribution in [2.75, 3.05) is 30.9 Å². The van der Waals surface area contributed by atoms with Crippen molar-refractivity contribution in [3.05, 3.63) is 77.2 Å². The second kappa shape index (κ2) is 8.92. The van der Waals surface area contributed by atoms with Gasteiger partial charge in [-0.05, 0) is 66.3 Å². The maximum absolute atomic E-state index is 14.7. The molecule has 1 aromatic heterocycles. The molecule has 0 unspecified atom stereocenters. The SMILES string of the molecule is COCC[S@](=N)(=O)c1cc2c(cc1F)CCN2C(=O)[C@@H]1Cc2ccc(-c3ccccn3)cc2C1. The van der Waals surface area contributed by atoms with Crippen LogP contribution < -0.4 is 4.90 Å². The molecule has 0 saturated carbocycles. The number of anilines is 1. The zero-order valence-electron chi connectivity index (χ0n) is 18.9. The van der Waals surface area contributed by atoms with Crippen LogP contribution in [0.25, 0.3) is 11.3 Å². The van der Waals surface area contributed by atoms with Gasteiger partial charge in [-0.25, -0.2) is 13.4 Å². The molecular weight excluding hydrogens is 453 g/mol. The van der Waals surface area contributed by atoms with Gasteiger partial charge < -0.3 is 9.64 Å². The van der Waals surface area contributed by atoms with Gasteiger partial charge in [0.15, 0.2) is 0 Å². The number of aromatic nitrogens is 1. The average molecular weight is 480 g/mol. The highest BCUT2D eigenvalue weighted by atomic mass is 32.2. The Kier molecular flexibility index (Phi) is 5.95. The Morgan fingerprint density at radius 2 is 2.00 bits per heavy atom. The number of pyridine rings is 1. The summed E-state index contributed by atoms with van der Waals surface area (Å²) in [5.74, 6) is -0.967. The predicted molar refractivity (Wildman–Crippen MR) is 129 cm³/mol. The number of amides is 1. The van der Waals surface area contributed by atoms with Crippen LogP contribution in [0.4, 0.5) is 10.1 Å². The van der Waals surface area contributed by atoms with Gasteiger partial charge in [0.1, 0.15) is 5.82 Å². The first-order valence-electron chi connectivity index (χ1n) is 11.3. The third kappa shape index (κ3) is 4.12. The molecule has 1 aliphatic heterocycles. The van der Waals surface area contributed by atoms with E-state index in [4.69, 9.17) is 9.52 Å². The molecule has 0 fully saturated rings. The second-order valence-corrected chi connectivity index (χ2v) is 11.0. The van der Waals surface area contributed by atoms with Crippen molar-refractivity contribution in [3.63, 3.8) is 0 Å². The Hall–Kier alpha value is -3.10. The highest BCUT2D eigenvalue weighted by Gasteiger charge is 2.35. The Bertz CT molecular complexity index is 1360. The molecular formula is C26H26FN3O3S. The first-order valence-corrected chi connectivity index (χ1v) is 13.0. The van der Waals surface area contributed by atoms with E-state index in [-0.39, 0.29) is 29.1 Å². The van der Waals surface area contributed by atoms with E-state index >= 15 is 0 Å². The van der Waals surface area contributed by atoms with E-state index in [2.05, 4.69) is 17.1 Å². The molecule has 0 saturated heterocycles. The number of hydrogen-bond donors (Lipinski definition) is 1. The van der Waals surface area contributed by atoms with Crippen LogP contribution in [0.3, 0.4) is 0 Å². The zero-order valence-corrected chi connectivity index (χ0v) is 19.7. The van der Waals surface area contributed by atoms with Gasteiger partial charge in [0, 0.05) is 37.0 Å². The minimum atomic E-state index is -3.36. The molecule has 0 radical (unpaired) electrons. The van der Waals surface area contributed by atoms with E-state index in [1.807, 2.05) is 24.3 Å². The number of ether oxygens (including phenoxy) is 1. The van der Waals surface area contributed by atoms with Crippen molar-refractivity contribution in [2.45, 2.75) is 24.2 Å². The van der Waals surface area contributed by atoms with Crippen molar-refractivity contribution >= 4 is 21.3 Å². The Morgan fingerprint density at radius 1 is 1.18 bits per heavy atom. The van der Waals surface area contributed by atoms with Crippen LogP contribution >= 0.6 is 0 Å². The molecule has 3 aromatic rings. The summed E-state index contributed by atoms with van der Waals surface area (Å²) < 4.78 is 40.7. The maximum Gasteiger partial charge on any atom is 0.230 e. The molecule has 0 spiro atoms. The number of benzene rings is 2. The van der Waals surface area contributed by atoms with Crippen LogP contribution in [0, 0.1) is 16.5 Å². The fourth-order valence-electron chi connectivity index (χ4n) is 4.89. The summed E-state index contributed by atoms with van der Waals surface area (Å²) in [4.78, 5) is 19.5. The normalized spacial score (nSPS) is 18.4. The lowest BCUT2D eigenvalue weighted by atomic mass is 10.0. The van der Waals surface area contributed by atoms with Crippen LogP contribution in [0.15, 0.2) is 59.6 Å². The van der Waals surface area contributed by atoms with Gasteiger partial charge in [-0.1, -0.05) is 18.2 Å². The molecule has 2 aliphatic rings. The number of hydrogen-bond acceptors (Lipinski definition) is 5. The number of fused-ring (bicyclic) bond motifs is 2. The minimum absolute atomic E-state index is 0.0136. The van der Waals surface area contributed by atoms with Crippen molar-refractivity contribution < 1.29 is 18.1 Å². The Morgan fingerprint density at radius 3 is 2.76 bits per heavy atom. The average Bonchev–Trinajstić information content (AvgIpc) is 3.45. The summed E-state index contributed by atoms with van der Waals surface area (Å²) in [5, 5.41) is 0. The zero-order chi connectivity index (χ0) is 23.9. The molecule has 1 aliphatic carbocycles. The monoisotopic (exact) mass is 479 g/mol. The van der Waals surface area contributed by atoms with Gasteiger partial charge in [-0.3, -0.25) is 9.78 Å². The predicted octanol–water partition coefficient (Wildman–Crippen LogP) is 4.24. The quantitative estimate of drug-likeness (QED) is 0.573. The number of carbonyl (C=O) groups excluding carboxylic acids is 1. The van der Waals surface area contributed by atoms with Crippen LogP contribution in [0.2, 0.25) is 0 Å². The van der Waals surface area contributed by atoms with Gasteiger partial charge >= 0.3 is 0 Å². The summed E-state index contributed by atoms with van der Waals surface area (Å²) in [5.41, 5.74) is 5.52. The second-order valence-electron chi connectivity index (χ2n) is 8.83. The van der Waals surface area contributed by atoms with Crippen molar-refractivity contribution in [2.24, 2.45) is 5.92 Å². The molecule has 5 rings (SSSR count). The third-order valence-corrected chi connectivity index (χ3v) is 8.44. The maximum atomic E-state index is 14.7. The number of methoxy groups -OCH3 is 1. The lowest BCUT2D eigenvalue weighted by molar-refractivity contribution is -0.122. The van der Waals surface area contributed by atoms with E-state index in [0.29, 0.717) is 37.1 Å². The number of nitrogens with zero attached hydrogens (tertiary/aromatic N) is 2. The summed E-state index contributed by atoms with van der Waals surface area (Å²) in [6, 6.07) is 14.8. The fraction of sp³-hybridized carbons (Fsp3) is 0.308. The molecule has 2 heterocycles. The summed E-state index contributed by atoms with van der Waals surface area (Å²) in [6.45, 7) is 0.558. The first-order chi connectivity index (χ1) is 16.4. The van der Waals surface area contributed by atoms with Crippen molar-refractivity contribution in [1.82, 2.24) is 4.98 Å². The third-order valence-electron chi connectivity index (χ3n) is 6.67.